The Morgan fingerprint density at radius 2 is 0.790 bits per heavy atom. The van der Waals surface area contributed by atoms with Crippen molar-refractivity contribution in [2.45, 2.75) is 75.4 Å². The summed E-state index contributed by atoms with van der Waals surface area (Å²) in [5, 5.41) is 4.88. The van der Waals surface area contributed by atoms with Crippen LogP contribution in [0.4, 0.5) is 0 Å². The van der Waals surface area contributed by atoms with E-state index in [-0.39, 0.29) is 34.3 Å². The molecule has 0 N–H and O–H groups in total. The number of aromatic nitrogens is 2. The maximum atomic E-state index is 13.8. The molecular weight excluding hydrogens is 813 g/mol. The van der Waals surface area contributed by atoms with Crippen LogP contribution in [-0.2, 0) is 11.2 Å². The Morgan fingerprint density at radius 3 is 1.13 bits per heavy atom. The van der Waals surface area contributed by atoms with Crippen LogP contribution in [0.2, 0.25) is 0 Å². The van der Waals surface area contributed by atoms with Gasteiger partial charge >= 0.3 is 0 Å². The molecule has 0 atom stereocenters. The van der Waals surface area contributed by atoms with Gasteiger partial charge in [0.05, 0.1) is 20.9 Å². The topological polar surface area (TPSA) is 113 Å². The summed E-state index contributed by atoms with van der Waals surface area (Å²) >= 11 is 2.98. The number of fused-ring (bicyclic) bond motifs is 12. The van der Waals surface area contributed by atoms with E-state index in [9.17, 15) is 19.2 Å². The summed E-state index contributed by atoms with van der Waals surface area (Å²) in [5.74, 6) is 0.372. The van der Waals surface area contributed by atoms with Gasteiger partial charge in [-0.15, -0.1) is 22.7 Å². The van der Waals surface area contributed by atoms with Crippen molar-refractivity contribution in [2.75, 3.05) is 0 Å². The zero-order valence-corrected chi connectivity index (χ0v) is 35.1. The number of carbonyl (C=O) groups is 4. The first kappa shape index (κ1) is 36.3. The van der Waals surface area contributed by atoms with Crippen molar-refractivity contribution in [3.05, 3.63) is 140 Å². The van der Waals surface area contributed by atoms with E-state index < -0.39 is 11.2 Å². The lowest BCUT2D eigenvalue weighted by Gasteiger charge is -2.43. The highest BCUT2D eigenvalue weighted by atomic mass is 32.1. The van der Waals surface area contributed by atoms with Gasteiger partial charge in [0.2, 0.25) is 0 Å². The predicted molar refractivity (Wildman–Crippen MR) is 241 cm³/mol. The molecule has 0 saturated heterocycles. The number of ketones is 4. The Hall–Kier alpha value is -6.36. The highest BCUT2D eigenvalue weighted by Gasteiger charge is 2.49. The summed E-state index contributed by atoms with van der Waals surface area (Å²) in [5.41, 5.74) is 4.17. The lowest BCUT2D eigenvalue weighted by atomic mass is 9.78. The number of allylic oxidation sites excluding steroid dienone is 2. The number of ether oxygens (including phenoxy) is 2. The molecule has 2 saturated carbocycles. The van der Waals surface area contributed by atoms with Crippen LogP contribution in [0.1, 0.15) is 127 Å². The van der Waals surface area contributed by atoms with Crippen molar-refractivity contribution in [2.24, 2.45) is 0 Å². The molecule has 0 radical (unpaired) electrons. The second kappa shape index (κ2) is 13.1. The maximum absolute atomic E-state index is 13.8. The highest BCUT2D eigenvalue weighted by molar-refractivity contribution is 7.16. The van der Waals surface area contributed by atoms with Crippen LogP contribution in [0.5, 0.6) is 11.5 Å². The maximum Gasteiger partial charge on any atom is 0.197 e. The number of thiazole rings is 2. The summed E-state index contributed by atoms with van der Waals surface area (Å²) in [6.45, 7) is 0. The van der Waals surface area contributed by atoms with Crippen LogP contribution in [0.25, 0.3) is 54.6 Å². The molecule has 2 aliphatic heterocycles. The molecular formula is C52H36N2O6S2. The van der Waals surface area contributed by atoms with Gasteiger partial charge in [0.25, 0.3) is 0 Å². The van der Waals surface area contributed by atoms with E-state index in [0.29, 0.717) is 32.3 Å². The van der Waals surface area contributed by atoms with Crippen molar-refractivity contribution in [3.8, 4) is 32.4 Å². The number of carbonyl (C=O) groups excluding carboxylic acids is 4. The number of hydrogen-bond donors (Lipinski definition) is 0. The first-order valence-electron chi connectivity index (χ1n) is 21.5. The number of hydrogen-bond acceptors (Lipinski definition) is 10. The molecule has 2 fully saturated rings. The van der Waals surface area contributed by atoms with Crippen molar-refractivity contribution >= 4 is 79.5 Å². The predicted octanol–water partition coefficient (Wildman–Crippen LogP) is 12.3. The molecule has 8 nitrogen and oxygen atoms in total. The normalized spacial score (nSPS) is 18.9. The van der Waals surface area contributed by atoms with Gasteiger partial charge in [0.1, 0.15) is 32.9 Å². The Kier molecular flexibility index (Phi) is 7.66. The fourth-order valence-electron chi connectivity index (χ4n) is 10.8. The second-order valence-electron chi connectivity index (χ2n) is 17.5. The third kappa shape index (κ3) is 5.16. The molecule has 2 aromatic heterocycles. The van der Waals surface area contributed by atoms with Gasteiger partial charge in [-0.2, -0.15) is 0 Å². The van der Waals surface area contributed by atoms with Crippen molar-refractivity contribution in [3.63, 3.8) is 0 Å². The molecule has 6 aliphatic rings. The Morgan fingerprint density at radius 1 is 0.452 bits per heavy atom. The average molecular weight is 849 g/mol. The van der Waals surface area contributed by atoms with E-state index in [4.69, 9.17) is 19.4 Å². The lowest BCUT2D eigenvalue weighted by Crippen LogP contribution is -2.39. The molecule has 62 heavy (non-hydrogen) atoms. The Bertz CT molecular complexity index is 2970. The van der Waals surface area contributed by atoms with E-state index in [2.05, 4.69) is 12.1 Å². The monoisotopic (exact) mass is 848 g/mol. The summed E-state index contributed by atoms with van der Waals surface area (Å²) in [6, 6.07) is 27.0. The summed E-state index contributed by atoms with van der Waals surface area (Å²) < 4.78 is 14.3. The van der Waals surface area contributed by atoms with E-state index in [1.165, 1.54) is 22.7 Å². The molecule has 0 bridgehead atoms. The summed E-state index contributed by atoms with van der Waals surface area (Å²) in [4.78, 5) is 67.7. The molecule has 13 rings (SSSR count). The molecule has 10 heteroatoms. The molecule has 0 amide bonds. The smallest absolute Gasteiger partial charge is 0.197 e. The number of rotatable bonds is 2. The number of benzene rings is 5. The van der Waals surface area contributed by atoms with Crippen molar-refractivity contribution in [1.82, 2.24) is 9.97 Å². The second-order valence-corrected chi connectivity index (χ2v) is 19.6. The van der Waals surface area contributed by atoms with Gasteiger partial charge in [-0.25, -0.2) is 9.97 Å². The first-order chi connectivity index (χ1) is 30.3. The molecule has 4 aliphatic carbocycles. The van der Waals surface area contributed by atoms with Gasteiger partial charge in [-0.1, -0.05) is 61.4 Å². The van der Waals surface area contributed by atoms with E-state index in [1.54, 1.807) is 12.2 Å². The van der Waals surface area contributed by atoms with Gasteiger partial charge in [-0.05, 0) is 121 Å². The molecule has 2 spiro atoms. The fraction of sp³-hybridized carbons (Fsp3) is 0.231. The van der Waals surface area contributed by atoms with Crippen LogP contribution >= 0.6 is 22.7 Å². The number of nitrogens with zero attached hydrogens (tertiary/aromatic N) is 2. The molecule has 7 aromatic rings. The summed E-state index contributed by atoms with van der Waals surface area (Å²) in [6.07, 6.45) is 12.8. The van der Waals surface area contributed by atoms with Gasteiger partial charge < -0.3 is 9.47 Å². The third-order valence-electron chi connectivity index (χ3n) is 13.9. The van der Waals surface area contributed by atoms with E-state index in [1.807, 2.05) is 72.8 Å². The molecule has 302 valence electrons. The van der Waals surface area contributed by atoms with Crippen LogP contribution in [0.15, 0.2) is 96.1 Å². The van der Waals surface area contributed by atoms with Crippen molar-refractivity contribution in [1.29, 1.82) is 0 Å². The van der Waals surface area contributed by atoms with Crippen LogP contribution in [0, 0.1) is 0 Å². The number of Topliss-reactive ketones (excluding diaryl/α,β-unsaturated/α-hetero) is 4. The van der Waals surface area contributed by atoms with E-state index in [0.717, 1.165) is 130 Å². The summed E-state index contributed by atoms with van der Waals surface area (Å²) in [7, 11) is 0. The molecule has 5 aromatic carbocycles. The first-order valence-corrected chi connectivity index (χ1v) is 23.2. The standard InChI is InChI=1S/C52H36N2O6S2/c55-43-31-19-27-11-3-4-12-28(27)20-32(31)44(56)37(43)25-41-53-49-47(61-41)35-24-40-36(23-39(35)59-51(49)15-7-1-8-16-51)48-50(52(60-40)17-9-2-10-18-52)54-42(62-48)26-38-45(57)33-21-29-13-5-6-14-30(29)22-34(33)46(38)58/h3-6,11-14,19-26H,1-2,7-10,15-18H2. The largest absolute Gasteiger partial charge is 0.480 e. The zero-order valence-electron chi connectivity index (χ0n) is 33.5. The quantitative estimate of drug-likeness (QED) is 0.125. The molecule has 0 unspecified atom stereocenters. The fourth-order valence-corrected chi connectivity index (χ4v) is 13.1. The minimum Gasteiger partial charge on any atom is -0.480 e. The van der Waals surface area contributed by atoms with Crippen LogP contribution in [-0.4, -0.2) is 33.1 Å². The SMILES string of the molecule is O=C1C(=Cc2nc3c(s2)-c2cc4c(cc2OC32CCCCC2)-c2sc(C=C3C(=O)c5cc6ccccc6cc5C3=O)nc2C2(CCCCC2)O4)C(=O)c2cc3ccccc3cc21. The zero-order chi connectivity index (χ0) is 41.5. The van der Waals surface area contributed by atoms with Gasteiger partial charge in [-0.3, -0.25) is 19.2 Å². The third-order valence-corrected chi connectivity index (χ3v) is 16.0. The lowest BCUT2D eigenvalue weighted by molar-refractivity contribution is 0.0163. The van der Waals surface area contributed by atoms with E-state index >= 15 is 0 Å². The van der Waals surface area contributed by atoms with Crippen LogP contribution < -0.4 is 9.47 Å². The van der Waals surface area contributed by atoms with Crippen LogP contribution in [0.3, 0.4) is 0 Å². The molecule has 4 heterocycles. The van der Waals surface area contributed by atoms with Crippen molar-refractivity contribution < 1.29 is 28.7 Å². The Labute approximate surface area is 364 Å². The van der Waals surface area contributed by atoms with Gasteiger partial charge in [0, 0.05) is 33.4 Å². The highest BCUT2D eigenvalue weighted by Crippen LogP contribution is 2.59. The minimum atomic E-state index is -0.651. The average Bonchev–Trinajstić information content (AvgIpc) is 4.04. The minimum absolute atomic E-state index is 0.134. The Balaban J connectivity index is 0.923. The van der Waals surface area contributed by atoms with Gasteiger partial charge in [0.15, 0.2) is 34.3 Å².